The van der Waals surface area contributed by atoms with Crippen molar-refractivity contribution >= 4 is 11.8 Å². The molecule has 0 bridgehead atoms. The van der Waals surface area contributed by atoms with Crippen molar-refractivity contribution in [2.45, 2.75) is 62.1 Å². The lowest BCUT2D eigenvalue weighted by Gasteiger charge is -2.28. The van der Waals surface area contributed by atoms with Crippen LogP contribution >= 0.6 is 0 Å². The van der Waals surface area contributed by atoms with Gasteiger partial charge in [-0.3, -0.25) is 9.59 Å². The molecule has 3 N–H and O–H groups in total. The number of carbonyl (C=O) groups is 2. The van der Waals surface area contributed by atoms with Gasteiger partial charge in [0.2, 0.25) is 11.8 Å². The normalized spacial score (nSPS) is 19.8. The summed E-state index contributed by atoms with van der Waals surface area (Å²) < 4.78 is 80.2. The molecule has 0 aromatic heterocycles. The lowest BCUT2D eigenvalue weighted by Crippen LogP contribution is -2.55. The van der Waals surface area contributed by atoms with Crippen LogP contribution in [0.15, 0.2) is 48.5 Å². The van der Waals surface area contributed by atoms with Crippen molar-refractivity contribution in [2.24, 2.45) is 0 Å². The van der Waals surface area contributed by atoms with Gasteiger partial charge < -0.3 is 20.7 Å². The second-order valence-electron chi connectivity index (χ2n) is 9.63. The van der Waals surface area contributed by atoms with Crippen molar-refractivity contribution in [3.8, 4) is 5.75 Å². The lowest BCUT2D eigenvalue weighted by molar-refractivity contribution is -0.274. The van der Waals surface area contributed by atoms with Gasteiger partial charge in [-0.2, -0.15) is 13.2 Å². The molecule has 2 aromatic carbocycles. The van der Waals surface area contributed by atoms with Crippen molar-refractivity contribution in [1.29, 1.82) is 0 Å². The van der Waals surface area contributed by atoms with Crippen LogP contribution in [0, 0.1) is 0 Å². The molecule has 2 fully saturated rings. The SMILES string of the molecule is O=C(NC1CCCNC1)C(Cc1ccc(C(F)(F)F)cc1)NC(=O)C1(c2ccc(OC(F)(F)F)cc2)CC1. The maximum atomic E-state index is 13.4. The minimum Gasteiger partial charge on any atom is -0.406 e. The van der Waals surface area contributed by atoms with Gasteiger partial charge in [0.1, 0.15) is 11.8 Å². The Balaban J connectivity index is 1.50. The van der Waals surface area contributed by atoms with E-state index in [4.69, 9.17) is 0 Å². The Labute approximate surface area is 215 Å². The Hall–Kier alpha value is -3.28. The summed E-state index contributed by atoms with van der Waals surface area (Å²) in [5.74, 6) is -1.36. The largest absolute Gasteiger partial charge is 0.573 e. The number of ether oxygens (including phenoxy) is 1. The summed E-state index contributed by atoms with van der Waals surface area (Å²) in [5, 5.41) is 8.83. The first-order valence-corrected chi connectivity index (χ1v) is 12.2. The summed E-state index contributed by atoms with van der Waals surface area (Å²) in [4.78, 5) is 26.5. The number of carbonyl (C=O) groups excluding carboxylic acids is 2. The van der Waals surface area contributed by atoms with E-state index in [-0.39, 0.29) is 12.5 Å². The van der Waals surface area contributed by atoms with Crippen LogP contribution in [-0.2, 0) is 27.6 Å². The van der Waals surface area contributed by atoms with E-state index >= 15 is 0 Å². The number of alkyl halides is 6. The molecule has 2 amide bonds. The molecule has 1 saturated heterocycles. The lowest BCUT2D eigenvalue weighted by atomic mass is 9.93. The van der Waals surface area contributed by atoms with Crippen molar-refractivity contribution in [3.63, 3.8) is 0 Å². The Morgan fingerprint density at radius 3 is 2.18 bits per heavy atom. The van der Waals surface area contributed by atoms with E-state index in [1.54, 1.807) is 0 Å². The van der Waals surface area contributed by atoms with Gasteiger partial charge >= 0.3 is 12.5 Å². The quantitative estimate of drug-likeness (QED) is 0.436. The first kappa shape index (κ1) is 27.7. The summed E-state index contributed by atoms with van der Waals surface area (Å²) in [5.41, 5.74) is -0.926. The van der Waals surface area contributed by atoms with Gasteiger partial charge in [-0.05, 0) is 67.6 Å². The Kier molecular flexibility index (Phi) is 7.91. The van der Waals surface area contributed by atoms with Crippen LogP contribution in [-0.4, -0.2) is 43.3 Å². The standard InChI is InChI=1S/C26H27F6N3O3/c27-25(28,29)18-5-3-16(4-6-18)14-21(22(36)34-19-2-1-13-33-15-19)35-23(37)24(11-12-24)17-7-9-20(10-8-17)38-26(30,31)32/h3-10,19,21,33H,1-2,11-15H2,(H,34,36)(H,35,37). The summed E-state index contributed by atoms with van der Waals surface area (Å²) in [6, 6.07) is 8.17. The van der Waals surface area contributed by atoms with Gasteiger partial charge in [0.15, 0.2) is 0 Å². The first-order valence-electron chi connectivity index (χ1n) is 12.2. The average Bonchev–Trinajstić information content (AvgIpc) is 3.66. The van der Waals surface area contributed by atoms with Crippen LogP contribution in [0.4, 0.5) is 26.3 Å². The van der Waals surface area contributed by atoms with Gasteiger partial charge in [-0.25, -0.2) is 0 Å². The predicted octanol–water partition coefficient (Wildman–Crippen LogP) is 4.23. The molecule has 1 aliphatic carbocycles. The Bertz CT molecular complexity index is 1120. The van der Waals surface area contributed by atoms with Crippen molar-refractivity contribution < 1.29 is 40.7 Å². The molecule has 0 spiro atoms. The molecule has 12 heteroatoms. The predicted molar refractivity (Wildman–Crippen MR) is 125 cm³/mol. The fourth-order valence-corrected chi connectivity index (χ4v) is 4.60. The average molecular weight is 544 g/mol. The topological polar surface area (TPSA) is 79.5 Å². The Morgan fingerprint density at radius 2 is 1.66 bits per heavy atom. The maximum Gasteiger partial charge on any atom is 0.573 e. The molecule has 206 valence electrons. The zero-order valence-corrected chi connectivity index (χ0v) is 20.2. The third-order valence-electron chi connectivity index (χ3n) is 6.81. The van der Waals surface area contributed by atoms with E-state index in [0.717, 1.165) is 43.7 Å². The van der Waals surface area contributed by atoms with Crippen LogP contribution in [0.1, 0.15) is 42.4 Å². The van der Waals surface area contributed by atoms with Crippen molar-refractivity contribution in [3.05, 3.63) is 65.2 Å². The monoisotopic (exact) mass is 543 g/mol. The molecule has 2 aromatic rings. The molecule has 4 rings (SSSR count). The molecule has 1 saturated carbocycles. The van der Waals surface area contributed by atoms with Crippen LogP contribution in [0.3, 0.4) is 0 Å². The van der Waals surface area contributed by atoms with E-state index in [2.05, 4.69) is 20.7 Å². The number of amides is 2. The summed E-state index contributed by atoms with van der Waals surface area (Å²) >= 11 is 0. The summed E-state index contributed by atoms with van der Waals surface area (Å²) in [6.45, 7) is 1.39. The molecular formula is C26H27F6N3O3. The number of hydrogen-bond donors (Lipinski definition) is 3. The number of piperidine rings is 1. The smallest absolute Gasteiger partial charge is 0.406 e. The summed E-state index contributed by atoms with van der Waals surface area (Å²) in [6.07, 6.45) is -6.92. The highest BCUT2D eigenvalue weighted by atomic mass is 19.4. The molecule has 1 heterocycles. The minimum atomic E-state index is -4.84. The van der Waals surface area contributed by atoms with E-state index in [1.807, 2.05) is 0 Å². The van der Waals surface area contributed by atoms with Crippen molar-refractivity contribution in [1.82, 2.24) is 16.0 Å². The van der Waals surface area contributed by atoms with E-state index in [9.17, 15) is 35.9 Å². The highest BCUT2D eigenvalue weighted by Gasteiger charge is 2.52. The molecule has 2 unspecified atom stereocenters. The fraction of sp³-hybridized carbons (Fsp3) is 0.462. The molecule has 1 aliphatic heterocycles. The van der Waals surface area contributed by atoms with E-state index in [0.29, 0.717) is 30.5 Å². The van der Waals surface area contributed by atoms with Crippen LogP contribution in [0.2, 0.25) is 0 Å². The van der Waals surface area contributed by atoms with Crippen LogP contribution in [0.25, 0.3) is 0 Å². The van der Waals surface area contributed by atoms with Gasteiger partial charge in [0.05, 0.1) is 11.0 Å². The molecule has 6 nitrogen and oxygen atoms in total. The second-order valence-corrected chi connectivity index (χ2v) is 9.63. The minimum absolute atomic E-state index is 0.0374. The third kappa shape index (κ3) is 6.97. The molecule has 38 heavy (non-hydrogen) atoms. The van der Waals surface area contributed by atoms with Gasteiger partial charge in [-0.15, -0.1) is 13.2 Å². The fourth-order valence-electron chi connectivity index (χ4n) is 4.60. The number of benzene rings is 2. The molecule has 2 aliphatic rings. The van der Waals surface area contributed by atoms with E-state index in [1.165, 1.54) is 24.3 Å². The third-order valence-corrected chi connectivity index (χ3v) is 6.81. The molecular weight excluding hydrogens is 516 g/mol. The van der Waals surface area contributed by atoms with Crippen LogP contribution < -0.4 is 20.7 Å². The molecule has 2 atom stereocenters. The second kappa shape index (κ2) is 10.8. The van der Waals surface area contributed by atoms with Gasteiger partial charge in [0, 0.05) is 19.0 Å². The maximum absolute atomic E-state index is 13.4. The van der Waals surface area contributed by atoms with E-state index < -0.39 is 47.1 Å². The van der Waals surface area contributed by atoms with Gasteiger partial charge in [0.25, 0.3) is 0 Å². The van der Waals surface area contributed by atoms with Crippen molar-refractivity contribution in [2.75, 3.05) is 13.1 Å². The molecule has 0 radical (unpaired) electrons. The first-order chi connectivity index (χ1) is 17.9. The summed E-state index contributed by atoms with van der Waals surface area (Å²) in [7, 11) is 0. The number of nitrogens with one attached hydrogen (secondary N) is 3. The zero-order valence-electron chi connectivity index (χ0n) is 20.2. The zero-order chi connectivity index (χ0) is 27.6. The number of rotatable bonds is 8. The highest BCUT2D eigenvalue weighted by molar-refractivity contribution is 5.95. The number of hydrogen-bond acceptors (Lipinski definition) is 4. The van der Waals surface area contributed by atoms with Gasteiger partial charge in [-0.1, -0.05) is 24.3 Å². The number of halogens is 6. The highest BCUT2D eigenvalue weighted by Crippen LogP contribution is 2.49. The van der Waals surface area contributed by atoms with Crippen LogP contribution in [0.5, 0.6) is 5.75 Å². The Morgan fingerprint density at radius 1 is 1.00 bits per heavy atom.